The summed E-state index contributed by atoms with van der Waals surface area (Å²) in [7, 11) is 0. The number of rotatable bonds is 0. The van der Waals surface area contributed by atoms with E-state index in [4.69, 9.17) is 9.47 Å². The Bertz CT molecular complexity index is 452. The van der Waals surface area contributed by atoms with Crippen LogP contribution >= 0.6 is 0 Å². The van der Waals surface area contributed by atoms with E-state index in [1.54, 1.807) is 18.2 Å². The smallest absolute Gasteiger partial charge is 0.377 e. The van der Waals surface area contributed by atoms with Crippen LogP contribution in [-0.2, 0) is 9.47 Å². The number of nitrogens with zero attached hydrogens (tertiary/aromatic N) is 1. The van der Waals surface area contributed by atoms with Gasteiger partial charge in [-0.1, -0.05) is 6.07 Å². The molecule has 0 atom stereocenters. The van der Waals surface area contributed by atoms with Gasteiger partial charge in [-0.15, -0.1) is 0 Å². The van der Waals surface area contributed by atoms with Gasteiger partial charge in [0.15, 0.2) is 0 Å². The van der Waals surface area contributed by atoms with Crippen molar-refractivity contribution in [2.75, 3.05) is 39.5 Å². The Morgan fingerprint density at radius 3 is 1.90 bits per heavy atom. The molecule has 2 bridgehead atoms. The Labute approximate surface area is 121 Å². The van der Waals surface area contributed by atoms with Crippen molar-refractivity contribution in [1.29, 1.82) is 0 Å². The summed E-state index contributed by atoms with van der Waals surface area (Å²) in [4.78, 5) is 27.7. The van der Waals surface area contributed by atoms with E-state index in [-0.39, 0.29) is 27.5 Å². The second-order valence-electron chi connectivity index (χ2n) is 4.14. The highest BCUT2D eigenvalue weighted by Crippen LogP contribution is 2.00. The number of carbonyl (C=O) groups is 2. The second kappa shape index (κ2) is 7.56. The zero-order valence-corrected chi connectivity index (χ0v) is 11.1. The highest BCUT2D eigenvalue weighted by atomic mass is 16.5. The highest BCUT2D eigenvalue weighted by Gasteiger charge is 2.12. The number of aromatic nitrogens is 1. The van der Waals surface area contributed by atoms with Gasteiger partial charge in [0, 0.05) is 13.1 Å². The van der Waals surface area contributed by atoms with Crippen molar-refractivity contribution in [2.24, 2.45) is 0 Å². The first-order valence-electron chi connectivity index (χ1n) is 6.46. The Balaban J connectivity index is 0. The van der Waals surface area contributed by atoms with Gasteiger partial charge in [0.1, 0.15) is 11.4 Å². The first-order chi connectivity index (χ1) is 9.77. The third kappa shape index (κ3) is 4.29. The zero-order chi connectivity index (χ0) is 14.2. The largest absolute Gasteiger partial charge is 1.00 e. The van der Waals surface area contributed by atoms with Gasteiger partial charge in [0.2, 0.25) is 0 Å². The van der Waals surface area contributed by atoms with Gasteiger partial charge in [-0.2, -0.15) is 0 Å². The topological polar surface area (TPSA) is 89.5 Å². The summed E-state index contributed by atoms with van der Waals surface area (Å²) in [6.07, 6.45) is 0. The van der Waals surface area contributed by atoms with Gasteiger partial charge >= 0.3 is 4.28 Å². The molecule has 1 aromatic heterocycles. The van der Waals surface area contributed by atoms with Crippen LogP contribution in [0.1, 0.15) is 25.3 Å². The van der Waals surface area contributed by atoms with Crippen molar-refractivity contribution in [3.05, 3.63) is 29.6 Å². The Morgan fingerprint density at radius 1 is 0.900 bits per heavy atom. The number of fused-ring (bicyclic) bond motifs is 2. The van der Waals surface area contributed by atoms with Crippen LogP contribution in [0.3, 0.4) is 0 Å². The second-order valence-corrected chi connectivity index (χ2v) is 4.14. The Morgan fingerprint density at radius 2 is 1.40 bits per heavy atom. The van der Waals surface area contributed by atoms with E-state index in [2.05, 4.69) is 15.6 Å². The molecule has 0 saturated carbocycles. The molecule has 1 aromatic rings. The summed E-state index contributed by atoms with van der Waals surface area (Å²) in [5.41, 5.74) is 0.424. The molecular formula is C13H20N3O4+3. The molecule has 20 heavy (non-hydrogen) atoms. The van der Waals surface area contributed by atoms with E-state index >= 15 is 0 Å². The molecule has 2 amide bonds. The predicted octanol–water partition coefficient (Wildman–Crippen LogP) is -0.0745. The molecule has 2 heterocycles. The van der Waals surface area contributed by atoms with E-state index in [9.17, 15) is 9.59 Å². The van der Waals surface area contributed by atoms with Crippen LogP contribution in [0, 0.1) is 0 Å². The first-order valence-corrected chi connectivity index (χ1v) is 6.46. The van der Waals surface area contributed by atoms with Gasteiger partial charge in [0.25, 0.3) is 11.8 Å². The van der Waals surface area contributed by atoms with Crippen molar-refractivity contribution in [3.63, 3.8) is 0 Å². The minimum atomic E-state index is -0.325. The SMILES string of the molecule is O=C1NCCOCCOCCNC(=O)c2cccc1n2.[H+].[H+].[H+]. The third-order valence-corrected chi connectivity index (χ3v) is 2.65. The van der Waals surface area contributed by atoms with Crippen LogP contribution in [-0.4, -0.2) is 56.3 Å². The number of amides is 2. The van der Waals surface area contributed by atoms with Crippen molar-refractivity contribution in [3.8, 4) is 0 Å². The monoisotopic (exact) mass is 282 g/mol. The fraction of sp³-hybridized carbons (Fsp3) is 0.462. The lowest BCUT2D eigenvalue weighted by atomic mass is 10.2. The predicted molar refractivity (Wildman–Crippen MR) is 73.9 cm³/mol. The number of hydrogen-bond donors (Lipinski definition) is 2. The summed E-state index contributed by atoms with van der Waals surface area (Å²) < 4.78 is 10.6. The third-order valence-electron chi connectivity index (χ3n) is 2.65. The maximum absolute atomic E-state index is 11.8. The number of pyridine rings is 1. The van der Waals surface area contributed by atoms with E-state index in [0.717, 1.165) is 0 Å². The molecule has 1 aliphatic rings. The molecule has 0 unspecified atom stereocenters. The first kappa shape index (κ1) is 14.4. The standard InChI is InChI=1S/C13H17N3O4/c17-12-10-2-1-3-11(16-10)13(18)15-5-7-20-9-8-19-6-4-14-12/h1-3H,4-9H2,(H,14,17)(H,15,18)/p+3. The molecule has 0 aliphatic carbocycles. The molecule has 0 fully saturated rings. The minimum Gasteiger partial charge on any atom is -0.377 e. The number of nitrogens with one attached hydrogen (secondary N) is 2. The minimum absolute atomic E-state index is 0. The molecule has 108 valence electrons. The van der Waals surface area contributed by atoms with Gasteiger partial charge in [0.05, 0.1) is 26.4 Å². The summed E-state index contributed by atoms with van der Waals surface area (Å²) in [5, 5.41) is 5.35. The van der Waals surface area contributed by atoms with E-state index < -0.39 is 0 Å². The Hall–Kier alpha value is -1.99. The lowest BCUT2D eigenvalue weighted by molar-refractivity contribution is 0.0487. The van der Waals surface area contributed by atoms with Crippen LogP contribution in [0.15, 0.2) is 18.2 Å². The van der Waals surface area contributed by atoms with E-state index in [1.165, 1.54) is 0 Å². The number of hydrogen-bond acceptors (Lipinski definition) is 5. The van der Waals surface area contributed by atoms with Gasteiger partial charge in [-0.3, -0.25) is 9.59 Å². The molecular weight excluding hydrogens is 262 g/mol. The number of ether oxygens (including phenoxy) is 2. The molecule has 0 saturated heterocycles. The van der Waals surface area contributed by atoms with Crippen molar-refractivity contribution in [1.82, 2.24) is 15.6 Å². The fourth-order valence-corrected chi connectivity index (χ4v) is 1.66. The van der Waals surface area contributed by atoms with Gasteiger partial charge < -0.3 is 20.1 Å². The molecule has 1 aliphatic heterocycles. The molecule has 0 spiro atoms. The van der Waals surface area contributed by atoms with Crippen LogP contribution in [0.2, 0.25) is 0 Å². The fourth-order valence-electron chi connectivity index (χ4n) is 1.66. The van der Waals surface area contributed by atoms with Gasteiger partial charge in [-0.25, -0.2) is 4.98 Å². The Kier molecular flexibility index (Phi) is 5.45. The van der Waals surface area contributed by atoms with Crippen LogP contribution in [0.4, 0.5) is 0 Å². The highest BCUT2D eigenvalue weighted by molar-refractivity contribution is 5.96. The number of carbonyl (C=O) groups excluding carboxylic acids is 2. The normalized spacial score (nSPS) is 18.4. The van der Waals surface area contributed by atoms with Gasteiger partial charge in [-0.05, 0) is 12.1 Å². The summed E-state index contributed by atoms with van der Waals surface area (Å²) >= 11 is 0. The lowest BCUT2D eigenvalue weighted by Crippen LogP contribution is -2.30. The van der Waals surface area contributed by atoms with E-state index in [1.807, 2.05) is 0 Å². The summed E-state index contributed by atoms with van der Waals surface area (Å²) in [6.45, 7) is 2.50. The average molecular weight is 282 g/mol. The van der Waals surface area contributed by atoms with E-state index in [0.29, 0.717) is 39.5 Å². The molecule has 0 aromatic carbocycles. The molecule has 0 radical (unpaired) electrons. The van der Waals surface area contributed by atoms with Crippen LogP contribution in [0.25, 0.3) is 0 Å². The molecule has 7 heteroatoms. The van der Waals surface area contributed by atoms with Crippen molar-refractivity contribution in [2.45, 2.75) is 0 Å². The van der Waals surface area contributed by atoms with Crippen LogP contribution < -0.4 is 10.6 Å². The lowest BCUT2D eigenvalue weighted by Gasteiger charge is -2.06. The average Bonchev–Trinajstić information content (AvgIpc) is 2.48. The molecule has 7 nitrogen and oxygen atoms in total. The summed E-state index contributed by atoms with van der Waals surface area (Å²) in [5.74, 6) is -0.649. The molecule has 2 rings (SSSR count). The van der Waals surface area contributed by atoms with Crippen molar-refractivity contribution >= 4 is 11.8 Å². The van der Waals surface area contributed by atoms with Crippen LogP contribution in [0.5, 0.6) is 0 Å². The molecule has 2 N–H and O–H groups in total. The zero-order valence-electron chi connectivity index (χ0n) is 14.1. The maximum Gasteiger partial charge on any atom is 1.00 e. The van der Waals surface area contributed by atoms with Crippen molar-refractivity contribution < 1.29 is 23.3 Å². The quantitative estimate of drug-likeness (QED) is 0.695. The summed E-state index contributed by atoms with van der Waals surface area (Å²) in [6, 6.07) is 4.75. The maximum atomic E-state index is 11.8.